The topological polar surface area (TPSA) is 70.7 Å². The monoisotopic (exact) mass is 250 g/mol. The van der Waals surface area contributed by atoms with Crippen LogP contribution in [0.5, 0.6) is 0 Å². The summed E-state index contributed by atoms with van der Waals surface area (Å²) in [5, 5.41) is 12.6. The molecule has 6 heteroatoms. The van der Waals surface area contributed by atoms with E-state index in [1.54, 1.807) is 18.3 Å². The van der Waals surface area contributed by atoms with E-state index in [0.29, 0.717) is 16.5 Å². The Kier molecular flexibility index (Phi) is 3.53. The molecule has 2 aromatic heterocycles. The van der Waals surface area contributed by atoms with Crippen LogP contribution in [0.1, 0.15) is 13.8 Å². The van der Waals surface area contributed by atoms with Gasteiger partial charge in [-0.3, -0.25) is 4.79 Å². The first-order valence-corrected chi connectivity index (χ1v) is 6.24. The zero-order chi connectivity index (χ0) is 12.3. The van der Waals surface area contributed by atoms with Gasteiger partial charge in [-0.05, 0) is 18.1 Å². The average molecular weight is 250 g/mol. The van der Waals surface area contributed by atoms with Gasteiger partial charge in [-0.2, -0.15) is 0 Å². The van der Waals surface area contributed by atoms with Gasteiger partial charge in [0, 0.05) is 12.7 Å². The van der Waals surface area contributed by atoms with Crippen LogP contribution in [0.4, 0.5) is 5.13 Å². The molecule has 0 unspecified atom stereocenters. The number of pyridine rings is 1. The summed E-state index contributed by atoms with van der Waals surface area (Å²) in [6.07, 6.45) is 1.60. The van der Waals surface area contributed by atoms with E-state index in [0.717, 1.165) is 11.7 Å². The summed E-state index contributed by atoms with van der Waals surface area (Å²) in [7, 11) is 0. The molecule has 2 rings (SSSR count). The minimum atomic E-state index is -0.140. The number of nitrogens with one attached hydrogen (secondary N) is 2. The van der Waals surface area contributed by atoms with Gasteiger partial charge in [0.1, 0.15) is 0 Å². The van der Waals surface area contributed by atoms with Gasteiger partial charge in [0.15, 0.2) is 5.01 Å². The highest BCUT2D eigenvalue weighted by atomic mass is 32.1. The lowest BCUT2D eigenvalue weighted by Crippen LogP contribution is -2.07. The largest absolute Gasteiger partial charge is 0.360 e. The maximum Gasteiger partial charge on any atom is 0.258 e. The Balaban J connectivity index is 2.19. The summed E-state index contributed by atoms with van der Waals surface area (Å²) in [5.74, 6) is 0.544. The van der Waals surface area contributed by atoms with Crippen LogP contribution in [-0.4, -0.2) is 21.7 Å². The van der Waals surface area contributed by atoms with Gasteiger partial charge in [-0.15, -0.1) is 10.2 Å². The van der Waals surface area contributed by atoms with Crippen molar-refractivity contribution >= 4 is 16.5 Å². The molecule has 0 saturated carbocycles. The molecule has 2 aromatic rings. The van der Waals surface area contributed by atoms with Crippen molar-refractivity contribution in [2.45, 2.75) is 13.8 Å². The van der Waals surface area contributed by atoms with Crippen molar-refractivity contribution < 1.29 is 0 Å². The van der Waals surface area contributed by atoms with Crippen molar-refractivity contribution in [1.82, 2.24) is 15.2 Å². The summed E-state index contributed by atoms with van der Waals surface area (Å²) < 4.78 is 0. The van der Waals surface area contributed by atoms with Crippen LogP contribution < -0.4 is 10.9 Å². The molecular weight excluding hydrogens is 236 g/mol. The van der Waals surface area contributed by atoms with Crippen LogP contribution in [0.2, 0.25) is 0 Å². The number of rotatable bonds is 4. The van der Waals surface area contributed by atoms with Gasteiger partial charge in [0.05, 0.1) is 5.56 Å². The summed E-state index contributed by atoms with van der Waals surface area (Å²) in [6, 6.07) is 3.52. The molecule has 0 radical (unpaired) electrons. The zero-order valence-electron chi connectivity index (χ0n) is 9.73. The minimum Gasteiger partial charge on any atom is -0.360 e. The molecule has 0 fully saturated rings. The molecule has 2 N–H and O–H groups in total. The van der Waals surface area contributed by atoms with E-state index in [-0.39, 0.29) is 5.56 Å². The predicted octanol–water partition coefficient (Wildman–Crippen LogP) is 1.96. The van der Waals surface area contributed by atoms with Crippen molar-refractivity contribution in [2.75, 3.05) is 11.9 Å². The predicted molar refractivity (Wildman–Crippen MR) is 69.3 cm³/mol. The highest BCUT2D eigenvalue weighted by molar-refractivity contribution is 7.18. The molecular formula is C11H14N4OS. The average Bonchev–Trinajstić information content (AvgIpc) is 2.75. The molecule has 17 heavy (non-hydrogen) atoms. The van der Waals surface area contributed by atoms with E-state index in [4.69, 9.17) is 0 Å². The quantitative estimate of drug-likeness (QED) is 0.870. The molecule has 0 aromatic carbocycles. The van der Waals surface area contributed by atoms with E-state index in [2.05, 4.69) is 34.3 Å². The number of hydrogen-bond donors (Lipinski definition) is 2. The van der Waals surface area contributed by atoms with E-state index in [1.807, 2.05) is 0 Å². The Labute approximate surface area is 103 Å². The Bertz CT molecular complexity index is 546. The van der Waals surface area contributed by atoms with Crippen molar-refractivity contribution in [3.05, 3.63) is 28.7 Å². The fourth-order valence-corrected chi connectivity index (χ4v) is 2.06. The van der Waals surface area contributed by atoms with Crippen LogP contribution in [0.15, 0.2) is 23.1 Å². The van der Waals surface area contributed by atoms with E-state index in [1.165, 1.54) is 11.3 Å². The highest BCUT2D eigenvalue weighted by Crippen LogP contribution is 2.23. The number of anilines is 1. The number of nitrogens with zero attached hydrogens (tertiary/aromatic N) is 2. The highest BCUT2D eigenvalue weighted by Gasteiger charge is 2.09. The van der Waals surface area contributed by atoms with Gasteiger partial charge in [-0.25, -0.2) is 0 Å². The van der Waals surface area contributed by atoms with Crippen molar-refractivity contribution in [1.29, 1.82) is 0 Å². The number of aromatic nitrogens is 3. The Morgan fingerprint density at radius 3 is 3.00 bits per heavy atom. The first-order chi connectivity index (χ1) is 8.16. The summed E-state index contributed by atoms with van der Waals surface area (Å²) in [5.41, 5.74) is 0.418. The molecule has 0 atom stereocenters. The smallest absolute Gasteiger partial charge is 0.258 e. The SMILES string of the molecule is CC(C)CNc1nnc(-c2ccc[nH]c2=O)s1. The van der Waals surface area contributed by atoms with Crippen LogP contribution >= 0.6 is 11.3 Å². The molecule has 0 aliphatic carbocycles. The Hall–Kier alpha value is -1.69. The Morgan fingerprint density at radius 2 is 2.29 bits per heavy atom. The first kappa shape index (κ1) is 11.8. The molecule has 0 aliphatic rings. The number of aromatic amines is 1. The number of hydrogen-bond acceptors (Lipinski definition) is 5. The maximum atomic E-state index is 11.6. The minimum absolute atomic E-state index is 0.140. The lowest BCUT2D eigenvalue weighted by atomic mass is 10.2. The van der Waals surface area contributed by atoms with Crippen LogP contribution in [0.25, 0.3) is 10.6 Å². The summed E-state index contributed by atoms with van der Waals surface area (Å²) >= 11 is 1.39. The third kappa shape index (κ3) is 2.91. The lowest BCUT2D eigenvalue weighted by Gasteiger charge is -2.03. The van der Waals surface area contributed by atoms with Gasteiger partial charge in [0.2, 0.25) is 5.13 Å². The first-order valence-electron chi connectivity index (χ1n) is 5.42. The van der Waals surface area contributed by atoms with Gasteiger partial charge in [0.25, 0.3) is 5.56 Å². The van der Waals surface area contributed by atoms with Crippen LogP contribution in [-0.2, 0) is 0 Å². The van der Waals surface area contributed by atoms with Crippen LogP contribution in [0.3, 0.4) is 0 Å². The van der Waals surface area contributed by atoms with Gasteiger partial charge >= 0.3 is 0 Å². The molecule has 0 amide bonds. The van der Waals surface area contributed by atoms with Gasteiger partial charge < -0.3 is 10.3 Å². The van der Waals surface area contributed by atoms with Gasteiger partial charge in [-0.1, -0.05) is 25.2 Å². The zero-order valence-corrected chi connectivity index (χ0v) is 10.5. The normalized spacial score (nSPS) is 10.8. The van der Waals surface area contributed by atoms with E-state index in [9.17, 15) is 4.79 Å². The summed E-state index contributed by atoms with van der Waals surface area (Å²) in [6.45, 7) is 5.09. The lowest BCUT2D eigenvalue weighted by molar-refractivity contribution is 0.687. The molecule has 2 heterocycles. The molecule has 0 aliphatic heterocycles. The third-order valence-electron chi connectivity index (χ3n) is 2.14. The van der Waals surface area contributed by atoms with Crippen molar-refractivity contribution in [3.63, 3.8) is 0 Å². The number of H-pyrrole nitrogens is 1. The summed E-state index contributed by atoms with van der Waals surface area (Å²) in [4.78, 5) is 14.2. The molecule has 0 bridgehead atoms. The van der Waals surface area contributed by atoms with Crippen molar-refractivity contribution in [3.8, 4) is 10.6 Å². The molecule has 0 saturated heterocycles. The van der Waals surface area contributed by atoms with E-state index >= 15 is 0 Å². The third-order valence-corrected chi connectivity index (χ3v) is 3.05. The molecule has 0 spiro atoms. The van der Waals surface area contributed by atoms with Crippen LogP contribution in [0, 0.1) is 5.92 Å². The Morgan fingerprint density at radius 1 is 1.47 bits per heavy atom. The molecule has 5 nitrogen and oxygen atoms in total. The van der Waals surface area contributed by atoms with E-state index < -0.39 is 0 Å². The second kappa shape index (κ2) is 5.09. The fourth-order valence-electron chi connectivity index (χ4n) is 1.28. The fraction of sp³-hybridized carbons (Fsp3) is 0.364. The van der Waals surface area contributed by atoms with Crippen molar-refractivity contribution in [2.24, 2.45) is 5.92 Å². The molecule has 90 valence electrons. The second-order valence-corrected chi connectivity index (χ2v) is 5.08. The standard InChI is InChI=1S/C11H14N4OS/c1-7(2)6-13-11-15-14-10(17-11)8-4-3-5-12-9(8)16/h3-5,7H,6H2,1-2H3,(H,12,16)(H,13,15). The second-order valence-electron chi connectivity index (χ2n) is 4.10. The maximum absolute atomic E-state index is 11.6.